The van der Waals surface area contributed by atoms with Crippen molar-refractivity contribution in [3.63, 3.8) is 0 Å². The van der Waals surface area contributed by atoms with Gasteiger partial charge in [0.1, 0.15) is 5.82 Å². The molecule has 1 aromatic rings. The van der Waals surface area contributed by atoms with Gasteiger partial charge in [0.2, 0.25) is 5.91 Å². The van der Waals surface area contributed by atoms with Crippen LogP contribution >= 0.6 is 0 Å². The zero-order valence-corrected chi connectivity index (χ0v) is 10.6. The maximum atomic E-state index is 13.6. The molecule has 0 radical (unpaired) electrons. The summed E-state index contributed by atoms with van der Waals surface area (Å²) in [6.07, 6.45) is -3.81. The number of hydrogen-bond acceptors (Lipinski definition) is 2. The summed E-state index contributed by atoms with van der Waals surface area (Å²) in [5.41, 5.74) is -0.928. The fourth-order valence-electron chi connectivity index (χ4n) is 2.12. The van der Waals surface area contributed by atoms with Gasteiger partial charge in [0, 0.05) is 25.2 Å². The van der Waals surface area contributed by atoms with E-state index >= 15 is 0 Å². The van der Waals surface area contributed by atoms with E-state index in [0.717, 1.165) is 12.1 Å². The summed E-state index contributed by atoms with van der Waals surface area (Å²) in [4.78, 5) is 13.0. The molecule has 0 unspecified atom stereocenters. The number of alkyl halides is 3. The maximum Gasteiger partial charge on any atom is 0.416 e. The molecular weight excluding hydrogens is 276 g/mol. The molecular formula is C13H14F4N2O. The van der Waals surface area contributed by atoms with Crippen molar-refractivity contribution in [3.8, 4) is 0 Å². The Bertz CT molecular complexity index is 502. The molecule has 2 rings (SSSR count). The van der Waals surface area contributed by atoms with Crippen molar-refractivity contribution in [2.45, 2.75) is 19.1 Å². The van der Waals surface area contributed by atoms with Gasteiger partial charge in [-0.05, 0) is 24.6 Å². The molecule has 1 aliphatic rings. The van der Waals surface area contributed by atoms with Gasteiger partial charge in [-0.3, -0.25) is 9.69 Å². The Kier molecular flexibility index (Phi) is 4.27. The third-order valence-corrected chi connectivity index (χ3v) is 3.11. The number of rotatable bonds is 2. The van der Waals surface area contributed by atoms with Gasteiger partial charge in [0.15, 0.2) is 0 Å². The zero-order chi connectivity index (χ0) is 14.8. The molecule has 0 aliphatic carbocycles. The van der Waals surface area contributed by atoms with E-state index in [9.17, 15) is 22.4 Å². The van der Waals surface area contributed by atoms with Crippen LogP contribution < -0.4 is 5.32 Å². The van der Waals surface area contributed by atoms with E-state index in [-0.39, 0.29) is 24.6 Å². The van der Waals surface area contributed by atoms with Crippen molar-refractivity contribution >= 4 is 5.91 Å². The fourth-order valence-corrected chi connectivity index (χ4v) is 2.12. The van der Waals surface area contributed by atoms with Crippen LogP contribution in [0.3, 0.4) is 0 Å². The van der Waals surface area contributed by atoms with Crippen LogP contribution in [0.5, 0.6) is 0 Å². The first-order chi connectivity index (χ1) is 9.36. The molecule has 1 saturated heterocycles. The summed E-state index contributed by atoms with van der Waals surface area (Å²) in [5, 5.41) is 2.66. The van der Waals surface area contributed by atoms with Crippen LogP contribution in [-0.4, -0.2) is 30.4 Å². The summed E-state index contributed by atoms with van der Waals surface area (Å²) in [6, 6.07) is 2.34. The highest BCUT2D eigenvalue weighted by Gasteiger charge is 2.31. The Morgan fingerprint density at radius 3 is 2.75 bits per heavy atom. The third kappa shape index (κ3) is 3.69. The molecule has 20 heavy (non-hydrogen) atoms. The number of benzene rings is 1. The number of carbonyl (C=O) groups is 1. The third-order valence-electron chi connectivity index (χ3n) is 3.11. The first kappa shape index (κ1) is 14.8. The average molecular weight is 290 g/mol. The molecule has 7 heteroatoms. The van der Waals surface area contributed by atoms with Crippen LogP contribution in [0, 0.1) is 5.82 Å². The predicted molar refractivity (Wildman–Crippen MR) is 64.3 cm³/mol. The van der Waals surface area contributed by atoms with Crippen molar-refractivity contribution in [2.24, 2.45) is 0 Å². The fraction of sp³-hybridized carbons (Fsp3) is 0.462. The molecule has 0 atom stereocenters. The molecule has 1 heterocycles. The van der Waals surface area contributed by atoms with Crippen LogP contribution in [-0.2, 0) is 17.5 Å². The van der Waals surface area contributed by atoms with Gasteiger partial charge in [-0.25, -0.2) is 4.39 Å². The van der Waals surface area contributed by atoms with Gasteiger partial charge < -0.3 is 5.32 Å². The quantitative estimate of drug-likeness (QED) is 0.847. The minimum Gasteiger partial charge on any atom is -0.355 e. The summed E-state index contributed by atoms with van der Waals surface area (Å²) in [5.74, 6) is -0.891. The number of carbonyl (C=O) groups excluding carboxylic acids is 1. The monoisotopic (exact) mass is 290 g/mol. The average Bonchev–Trinajstić information content (AvgIpc) is 2.55. The smallest absolute Gasteiger partial charge is 0.355 e. The molecule has 3 nitrogen and oxygen atoms in total. The van der Waals surface area contributed by atoms with Crippen LogP contribution in [0.4, 0.5) is 17.6 Å². The normalized spacial score (nSPS) is 17.7. The SMILES string of the molecule is O=C1CN(Cc2cc(C(F)(F)F)ccc2F)CCCN1. The second-order valence-electron chi connectivity index (χ2n) is 4.72. The molecule has 1 amide bonds. The topological polar surface area (TPSA) is 32.3 Å². The molecule has 0 aromatic heterocycles. The van der Waals surface area contributed by atoms with E-state index < -0.39 is 17.6 Å². The molecule has 1 N–H and O–H groups in total. The van der Waals surface area contributed by atoms with E-state index in [0.29, 0.717) is 25.6 Å². The number of nitrogens with zero attached hydrogens (tertiary/aromatic N) is 1. The standard InChI is InChI=1S/C13H14F4N2O/c14-11-3-2-10(13(15,16)17)6-9(11)7-19-5-1-4-18-12(20)8-19/h2-3,6H,1,4-5,7-8H2,(H,18,20). The number of nitrogens with one attached hydrogen (secondary N) is 1. The van der Waals surface area contributed by atoms with Crippen molar-refractivity contribution in [1.82, 2.24) is 10.2 Å². The summed E-state index contributed by atoms with van der Waals surface area (Å²) in [7, 11) is 0. The summed E-state index contributed by atoms with van der Waals surface area (Å²) >= 11 is 0. The van der Waals surface area contributed by atoms with E-state index in [1.165, 1.54) is 0 Å². The predicted octanol–water partition coefficient (Wildman–Crippen LogP) is 2.17. The van der Waals surface area contributed by atoms with Crippen LogP contribution in [0.25, 0.3) is 0 Å². The van der Waals surface area contributed by atoms with Crippen LogP contribution in [0.1, 0.15) is 17.5 Å². The molecule has 110 valence electrons. The van der Waals surface area contributed by atoms with Crippen molar-refractivity contribution in [2.75, 3.05) is 19.6 Å². The van der Waals surface area contributed by atoms with Gasteiger partial charge in [0.05, 0.1) is 12.1 Å². The van der Waals surface area contributed by atoms with Gasteiger partial charge in [-0.2, -0.15) is 13.2 Å². The molecule has 1 aliphatic heterocycles. The van der Waals surface area contributed by atoms with Gasteiger partial charge >= 0.3 is 6.18 Å². The lowest BCUT2D eigenvalue weighted by Crippen LogP contribution is -2.33. The first-order valence-electron chi connectivity index (χ1n) is 6.21. The Morgan fingerprint density at radius 1 is 1.30 bits per heavy atom. The molecule has 1 aromatic carbocycles. The molecule has 0 bridgehead atoms. The van der Waals surface area contributed by atoms with Crippen LogP contribution in [0.2, 0.25) is 0 Å². The van der Waals surface area contributed by atoms with Gasteiger partial charge in [-0.15, -0.1) is 0 Å². The van der Waals surface area contributed by atoms with Crippen molar-refractivity contribution in [3.05, 3.63) is 35.1 Å². The largest absolute Gasteiger partial charge is 0.416 e. The second-order valence-corrected chi connectivity index (χ2v) is 4.72. The van der Waals surface area contributed by atoms with E-state index in [2.05, 4.69) is 5.32 Å². The highest BCUT2D eigenvalue weighted by Crippen LogP contribution is 2.30. The van der Waals surface area contributed by atoms with Gasteiger partial charge in [-0.1, -0.05) is 0 Å². The highest BCUT2D eigenvalue weighted by molar-refractivity contribution is 5.78. The van der Waals surface area contributed by atoms with Gasteiger partial charge in [0.25, 0.3) is 0 Å². The Labute approximate surface area is 113 Å². The van der Waals surface area contributed by atoms with E-state index in [1.54, 1.807) is 4.90 Å². The lowest BCUT2D eigenvalue weighted by molar-refractivity contribution is -0.137. The molecule has 0 saturated carbocycles. The second kappa shape index (κ2) is 5.78. The Morgan fingerprint density at radius 2 is 2.05 bits per heavy atom. The Hall–Kier alpha value is -1.63. The first-order valence-corrected chi connectivity index (χ1v) is 6.21. The minimum atomic E-state index is -4.50. The van der Waals surface area contributed by atoms with E-state index in [1.807, 2.05) is 0 Å². The number of hydrogen-bond donors (Lipinski definition) is 1. The molecule has 0 spiro atoms. The minimum absolute atomic E-state index is 0.0107. The number of halogens is 4. The summed E-state index contributed by atoms with van der Waals surface area (Å²) < 4.78 is 51.4. The Balaban J connectivity index is 2.17. The zero-order valence-electron chi connectivity index (χ0n) is 10.6. The van der Waals surface area contributed by atoms with Crippen LogP contribution in [0.15, 0.2) is 18.2 Å². The van der Waals surface area contributed by atoms with Crippen molar-refractivity contribution < 1.29 is 22.4 Å². The lowest BCUT2D eigenvalue weighted by Gasteiger charge is -2.19. The lowest BCUT2D eigenvalue weighted by atomic mass is 10.1. The highest BCUT2D eigenvalue weighted by atomic mass is 19.4. The molecule has 1 fully saturated rings. The van der Waals surface area contributed by atoms with Crippen molar-refractivity contribution in [1.29, 1.82) is 0 Å². The summed E-state index contributed by atoms with van der Waals surface area (Å²) in [6.45, 7) is 1.12. The van der Waals surface area contributed by atoms with E-state index in [4.69, 9.17) is 0 Å². The maximum absolute atomic E-state index is 13.6. The number of amides is 1.